The van der Waals surface area contributed by atoms with Crippen LogP contribution in [-0.2, 0) is 5.41 Å². The lowest BCUT2D eigenvalue weighted by molar-refractivity contribution is 0.247. The minimum absolute atomic E-state index is 0.323. The summed E-state index contributed by atoms with van der Waals surface area (Å²) in [6.45, 7) is 7.14. The summed E-state index contributed by atoms with van der Waals surface area (Å²) >= 11 is 0. The van der Waals surface area contributed by atoms with Crippen LogP contribution in [0.3, 0.4) is 0 Å². The monoisotopic (exact) mass is 203 g/mol. The summed E-state index contributed by atoms with van der Waals surface area (Å²) in [7, 11) is 0. The Morgan fingerprint density at radius 1 is 1.07 bits per heavy atom. The number of hydrogen-bond acceptors (Lipinski definition) is 1. The molecule has 1 heteroatoms. The lowest BCUT2D eigenvalue weighted by Crippen LogP contribution is -2.38. The van der Waals surface area contributed by atoms with Gasteiger partial charge in [0.1, 0.15) is 0 Å². The topological polar surface area (TPSA) is 12.0 Å². The minimum atomic E-state index is 0.323. The largest absolute Gasteiger partial charge is 0.317 e. The van der Waals surface area contributed by atoms with Crippen molar-refractivity contribution in [1.82, 2.24) is 5.32 Å². The first-order valence-corrected chi connectivity index (χ1v) is 5.97. The highest BCUT2D eigenvalue weighted by molar-refractivity contribution is 5.24. The van der Waals surface area contributed by atoms with E-state index in [1.54, 1.807) is 0 Å². The van der Waals surface area contributed by atoms with Gasteiger partial charge in [0.2, 0.25) is 0 Å². The Kier molecular flexibility index (Phi) is 3.11. The van der Waals surface area contributed by atoms with Crippen LogP contribution in [-0.4, -0.2) is 13.1 Å². The van der Waals surface area contributed by atoms with Crippen molar-refractivity contribution in [2.45, 2.75) is 32.1 Å². The second-order valence-electron chi connectivity index (χ2n) is 5.11. The van der Waals surface area contributed by atoms with E-state index in [-0.39, 0.29) is 0 Å². The average Bonchev–Trinajstić information content (AvgIpc) is 2.31. The molecular weight excluding hydrogens is 182 g/mol. The van der Waals surface area contributed by atoms with E-state index in [1.807, 2.05) is 0 Å². The van der Waals surface area contributed by atoms with E-state index in [0.29, 0.717) is 5.41 Å². The lowest BCUT2D eigenvalue weighted by atomic mass is 9.70. The average molecular weight is 203 g/mol. The molecule has 82 valence electrons. The molecule has 0 amide bonds. The Hall–Kier alpha value is -0.820. The van der Waals surface area contributed by atoms with E-state index in [4.69, 9.17) is 0 Å². The number of piperidine rings is 1. The molecule has 1 fully saturated rings. The zero-order chi connectivity index (χ0) is 10.7. The van der Waals surface area contributed by atoms with Crippen LogP contribution in [0.1, 0.15) is 32.3 Å². The number of hydrogen-bond donors (Lipinski definition) is 1. The van der Waals surface area contributed by atoms with Gasteiger partial charge in [-0.05, 0) is 42.8 Å². The van der Waals surface area contributed by atoms with Gasteiger partial charge < -0.3 is 5.32 Å². The fourth-order valence-electron chi connectivity index (χ4n) is 2.65. The van der Waals surface area contributed by atoms with Crippen molar-refractivity contribution in [3.8, 4) is 0 Å². The Bertz CT molecular complexity index is 296. The van der Waals surface area contributed by atoms with Crippen molar-refractivity contribution in [3.05, 3.63) is 35.9 Å². The fraction of sp³-hybridized carbons (Fsp3) is 0.571. The molecule has 0 bridgehead atoms. The molecule has 1 N–H and O–H groups in total. The summed E-state index contributed by atoms with van der Waals surface area (Å²) in [5.41, 5.74) is 1.81. The second-order valence-corrected chi connectivity index (χ2v) is 5.11. The van der Waals surface area contributed by atoms with Gasteiger partial charge in [0.25, 0.3) is 0 Å². The number of rotatable bonds is 2. The normalized spacial score (nSPS) is 19.1. The van der Waals surface area contributed by atoms with Gasteiger partial charge in [0, 0.05) is 0 Å². The summed E-state index contributed by atoms with van der Waals surface area (Å²) in [5.74, 6) is 0.821. The third-order valence-corrected chi connectivity index (χ3v) is 3.88. The third-order valence-electron chi connectivity index (χ3n) is 3.88. The first-order chi connectivity index (χ1) is 7.21. The van der Waals surface area contributed by atoms with Gasteiger partial charge in [0.05, 0.1) is 0 Å². The summed E-state index contributed by atoms with van der Waals surface area (Å²) in [5, 5.41) is 3.44. The van der Waals surface area contributed by atoms with Gasteiger partial charge in [-0.3, -0.25) is 0 Å². The molecule has 0 aliphatic carbocycles. The van der Waals surface area contributed by atoms with Gasteiger partial charge in [-0.1, -0.05) is 44.2 Å². The highest BCUT2D eigenvalue weighted by Crippen LogP contribution is 2.36. The van der Waals surface area contributed by atoms with Gasteiger partial charge in [-0.25, -0.2) is 0 Å². The standard InChI is InChI=1S/C14H21N/c1-14(2,12-6-4-3-5-7-12)13-8-10-15-11-9-13/h3-7,13,15H,8-11H2,1-2H3. The maximum Gasteiger partial charge on any atom is -0.00460 e. The maximum absolute atomic E-state index is 3.44. The third kappa shape index (κ3) is 2.23. The van der Waals surface area contributed by atoms with Crippen molar-refractivity contribution in [2.75, 3.05) is 13.1 Å². The highest BCUT2D eigenvalue weighted by atomic mass is 14.9. The van der Waals surface area contributed by atoms with E-state index in [9.17, 15) is 0 Å². The molecule has 1 aromatic carbocycles. The van der Waals surface area contributed by atoms with Gasteiger partial charge in [-0.15, -0.1) is 0 Å². The van der Waals surface area contributed by atoms with E-state index in [1.165, 1.54) is 31.5 Å². The van der Waals surface area contributed by atoms with Gasteiger partial charge >= 0.3 is 0 Å². The number of nitrogens with one attached hydrogen (secondary N) is 1. The van der Waals surface area contributed by atoms with Crippen molar-refractivity contribution in [2.24, 2.45) is 5.92 Å². The predicted octanol–water partition coefficient (Wildman–Crippen LogP) is 2.96. The first kappa shape index (κ1) is 10.7. The molecule has 0 radical (unpaired) electrons. The van der Waals surface area contributed by atoms with Crippen molar-refractivity contribution >= 4 is 0 Å². The quantitative estimate of drug-likeness (QED) is 0.779. The Morgan fingerprint density at radius 2 is 1.67 bits per heavy atom. The Morgan fingerprint density at radius 3 is 2.27 bits per heavy atom. The molecule has 0 unspecified atom stereocenters. The minimum Gasteiger partial charge on any atom is -0.317 e. The summed E-state index contributed by atoms with van der Waals surface area (Å²) in [6, 6.07) is 10.9. The highest BCUT2D eigenvalue weighted by Gasteiger charge is 2.31. The number of benzene rings is 1. The SMILES string of the molecule is CC(C)(c1ccccc1)C1CCNCC1. The Labute approximate surface area is 92.9 Å². The molecule has 0 atom stereocenters. The summed E-state index contributed by atoms with van der Waals surface area (Å²) < 4.78 is 0. The molecule has 1 heterocycles. The second kappa shape index (κ2) is 4.36. The van der Waals surface area contributed by atoms with Crippen molar-refractivity contribution in [1.29, 1.82) is 0 Å². The van der Waals surface area contributed by atoms with E-state index < -0.39 is 0 Å². The molecule has 0 saturated carbocycles. The van der Waals surface area contributed by atoms with Crippen LogP contribution in [0, 0.1) is 5.92 Å². The van der Waals surface area contributed by atoms with Crippen LogP contribution in [0.4, 0.5) is 0 Å². The zero-order valence-corrected chi connectivity index (χ0v) is 9.79. The van der Waals surface area contributed by atoms with E-state index in [2.05, 4.69) is 49.5 Å². The molecule has 0 aromatic heterocycles. The van der Waals surface area contributed by atoms with Crippen LogP contribution in [0.25, 0.3) is 0 Å². The van der Waals surface area contributed by atoms with E-state index >= 15 is 0 Å². The van der Waals surface area contributed by atoms with Gasteiger partial charge in [0.15, 0.2) is 0 Å². The van der Waals surface area contributed by atoms with E-state index in [0.717, 1.165) is 5.92 Å². The fourth-order valence-corrected chi connectivity index (χ4v) is 2.65. The van der Waals surface area contributed by atoms with Crippen LogP contribution in [0.2, 0.25) is 0 Å². The molecule has 1 aliphatic rings. The molecule has 1 aliphatic heterocycles. The van der Waals surface area contributed by atoms with Crippen LogP contribution < -0.4 is 5.32 Å². The van der Waals surface area contributed by atoms with Crippen LogP contribution >= 0.6 is 0 Å². The van der Waals surface area contributed by atoms with Gasteiger partial charge in [-0.2, -0.15) is 0 Å². The molecule has 15 heavy (non-hydrogen) atoms. The molecule has 1 nitrogen and oxygen atoms in total. The molecular formula is C14H21N. The lowest BCUT2D eigenvalue weighted by Gasteiger charge is -2.37. The van der Waals surface area contributed by atoms with Crippen LogP contribution in [0.5, 0.6) is 0 Å². The Balaban J connectivity index is 2.18. The van der Waals surface area contributed by atoms with Crippen LogP contribution in [0.15, 0.2) is 30.3 Å². The molecule has 1 saturated heterocycles. The van der Waals surface area contributed by atoms with Crippen molar-refractivity contribution < 1.29 is 0 Å². The smallest absolute Gasteiger partial charge is 0.00460 e. The first-order valence-electron chi connectivity index (χ1n) is 5.97. The predicted molar refractivity (Wildman–Crippen MR) is 65.1 cm³/mol. The molecule has 0 spiro atoms. The van der Waals surface area contributed by atoms with Crippen molar-refractivity contribution in [3.63, 3.8) is 0 Å². The maximum atomic E-state index is 3.44. The molecule has 2 rings (SSSR count). The molecule has 1 aromatic rings. The summed E-state index contributed by atoms with van der Waals surface area (Å²) in [4.78, 5) is 0. The summed E-state index contributed by atoms with van der Waals surface area (Å²) in [6.07, 6.45) is 2.61. The zero-order valence-electron chi connectivity index (χ0n) is 9.79.